The zero-order chi connectivity index (χ0) is 15.9. The zero-order valence-electron chi connectivity index (χ0n) is 12.9. The molecule has 0 saturated carbocycles. The lowest BCUT2D eigenvalue weighted by Crippen LogP contribution is -2.32. The van der Waals surface area contributed by atoms with Gasteiger partial charge in [0.25, 0.3) is 0 Å². The van der Waals surface area contributed by atoms with Crippen LogP contribution in [0.1, 0.15) is 42.9 Å². The minimum atomic E-state index is -0.900. The molecule has 2 N–H and O–H groups in total. The number of rotatable bonds is 6. The number of thioether (sulfide) groups is 1. The number of benzene rings is 1. The van der Waals surface area contributed by atoms with Gasteiger partial charge in [-0.25, -0.2) is 0 Å². The number of nitrogens with one attached hydrogen (secondary N) is 1. The van der Waals surface area contributed by atoms with Crippen molar-refractivity contribution in [3.05, 3.63) is 35.4 Å². The Morgan fingerprint density at radius 2 is 2.00 bits per heavy atom. The number of carbonyl (C=O) groups excluding carboxylic acids is 1. The van der Waals surface area contributed by atoms with E-state index in [1.54, 1.807) is 0 Å². The van der Waals surface area contributed by atoms with Crippen LogP contribution in [-0.4, -0.2) is 28.5 Å². The Kier molecular flexibility index (Phi) is 6.31. The number of aliphatic carboxylic acids is 1. The highest BCUT2D eigenvalue weighted by molar-refractivity contribution is 7.99. The predicted octanol–water partition coefficient (Wildman–Crippen LogP) is 3.16. The van der Waals surface area contributed by atoms with Gasteiger partial charge in [-0.3, -0.25) is 9.59 Å². The number of amides is 1. The monoisotopic (exact) mass is 321 g/mol. The van der Waals surface area contributed by atoms with Crippen LogP contribution in [0.25, 0.3) is 0 Å². The van der Waals surface area contributed by atoms with Gasteiger partial charge in [0.15, 0.2) is 0 Å². The van der Waals surface area contributed by atoms with Crippen LogP contribution in [-0.2, 0) is 9.59 Å². The van der Waals surface area contributed by atoms with Crippen molar-refractivity contribution in [2.45, 2.75) is 38.6 Å². The van der Waals surface area contributed by atoms with Crippen molar-refractivity contribution in [3.63, 3.8) is 0 Å². The summed E-state index contributed by atoms with van der Waals surface area (Å²) in [6, 6.07) is 7.17. The smallest absolute Gasteiger partial charge is 0.305 e. The molecule has 1 fully saturated rings. The van der Waals surface area contributed by atoms with E-state index in [-0.39, 0.29) is 12.3 Å². The largest absolute Gasteiger partial charge is 0.481 e. The maximum Gasteiger partial charge on any atom is 0.305 e. The zero-order valence-corrected chi connectivity index (χ0v) is 13.7. The van der Waals surface area contributed by atoms with Crippen molar-refractivity contribution in [2.75, 3.05) is 11.5 Å². The summed E-state index contributed by atoms with van der Waals surface area (Å²) in [4.78, 5) is 23.4. The SMILES string of the molecule is Cc1ccccc1[C@H](CC(=O)O)NC(=O)CC1CCSCC1. The predicted molar refractivity (Wildman–Crippen MR) is 89.0 cm³/mol. The first kappa shape index (κ1) is 16.9. The van der Waals surface area contributed by atoms with Gasteiger partial charge in [-0.1, -0.05) is 24.3 Å². The highest BCUT2D eigenvalue weighted by Crippen LogP contribution is 2.26. The van der Waals surface area contributed by atoms with Gasteiger partial charge in [0, 0.05) is 6.42 Å². The van der Waals surface area contributed by atoms with E-state index in [0.29, 0.717) is 12.3 Å². The number of hydrogen-bond donors (Lipinski definition) is 2. The van der Waals surface area contributed by atoms with Gasteiger partial charge >= 0.3 is 5.97 Å². The Labute approximate surface area is 135 Å². The van der Waals surface area contributed by atoms with Crippen LogP contribution in [0, 0.1) is 12.8 Å². The van der Waals surface area contributed by atoms with Gasteiger partial charge in [-0.05, 0) is 48.3 Å². The van der Waals surface area contributed by atoms with Crippen LogP contribution in [0.2, 0.25) is 0 Å². The molecular weight excluding hydrogens is 298 g/mol. The summed E-state index contributed by atoms with van der Waals surface area (Å²) in [5.41, 5.74) is 1.89. The molecule has 0 unspecified atom stereocenters. The van der Waals surface area contributed by atoms with E-state index < -0.39 is 12.0 Å². The molecular formula is C17H23NO3S. The summed E-state index contributed by atoms with van der Waals surface area (Å²) < 4.78 is 0. The summed E-state index contributed by atoms with van der Waals surface area (Å²) in [5.74, 6) is 1.74. The fraction of sp³-hybridized carbons (Fsp3) is 0.529. The van der Waals surface area contributed by atoms with Crippen LogP contribution in [0.4, 0.5) is 0 Å². The molecule has 0 spiro atoms. The normalized spacial score (nSPS) is 17.0. The molecule has 1 atom stereocenters. The Bertz CT molecular complexity index is 526. The molecule has 1 amide bonds. The van der Waals surface area contributed by atoms with Crippen molar-refractivity contribution < 1.29 is 14.7 Å². The van der Waals surface area contributed by atoms with Crippen LogP contribution in [0.15, 0.2) is 24.3 Å². The Hall–Kier alpha value is -1.49. The van der Waals surface area contributed by atoms with E-state index in [2.05, 4.69) is 5.32 Å². The topological polar surface area (TPSA) is 66.4 Å². The second kappa shape index (κ2) is 8.22. The number of aryl methyl sites for hydroxylation is 1. The van der Waals surface area contributed by atoms with Crippen LogP contribution in [0.3, 0.4) is 0 Å². The van der Waals surface area contributed by atoms with E-state index in [4.69, 9.17) is 5.11 Å². The first-order valence-electron chi connectivity index (χ1n) is 7.70. The van der Waals surface area contributed by atoms with Crippen molar-refractivity contribution in [3.8, 4) is 0 Å². The standard InChI is InChI=1S/C17H23NO3S/c1-12-4-2-3-5-14(12)15(11-17(20)21)18-16(19)10-13-6-8-22-9-7-13/h2-5,13,15H,6-11H2,1H3,(H,18,19)(H,20,21)/t15-/m0/s1. The molecule has 0 aliphatic carbocycles. The van der Waals surface area contributed by atoms with Crippen molar-refractivity contribution in [1.82, 2.24) is 5.32 Å². The lowest BCUT2D eigenvalue weighted by molar-refractivity contribution is -0.137. The lowest BCUT2D eigenvalue weighted by Gasteiger charge is -2.23. The van der Waals surface area contributed by atoms with Gasteiger partial charge < -0.3 is 10.4 Å². The van der Waals surface area contributed by atoms with E-state index in [9.17, 15) is 9.59 Å². The number of carboxylic acids is 1. The van der Waals surface area contributed by atoms with Crippen molar-refractivity contribution >= 4 is 23.6 Å². The van der Waals surface area contributed by atoms with Gasteiger partial charge in [0.2, 0.25) is 5.91 Å². The van der Waals surface area contributed by atoms with Gasteiger partial charge in [0.05, 0.1) is 12.5 Å². The maximum atomic E-state index is 12.3. The van der Waals surface area contributed by atoms with Gasteiger partial charge in [0.1, 0.15) is 0 Å². The third-order valence-corrected chi connectivity index (χ3v) is 5.14. The molecule has 0 bridgehead atoms. The quantitative estimate of drug-likeness (QED) is 0.844. The summed E-state index contributed by atoms with van der Waals surface area (Å²) in [6.45, 7) is 1.94. The number of carboxylic acid groups (broad SMARTS) is 1. The van der Waals surface area contributed by atoms with E-state index in [1.165, 1.54) is 0 Å². The Balaban J connectivity index is 2.01. The first-order valence-corrected chi connectivity index (χ1v) is 8.86. The lowest BCUT2D eigenvalue weighted by atomic mass is 9.96. The van der Waals surface area contributed by atoms with E-state index >= 15 is 0 Å². The molecule has 2 rings (SSSR count). The van der Waals surface area contributed by atoms with Crippen molar-refractivity contribution in [1.29, 1.82) is 0 Å². The first-order chi connectivity index (χ1) is 10.6. The average molecular weight is 321 g/mol. The van der Waals surface area contributed by atoms with Crippen LogP contribution in [0.5, 0.6) is 0 Å². The summed E-state index contributed by atoms with van der Waals surface area (Å²) in [7, 11) is 0. The number of hydrogen-bond acceptors (Lipinski definition) is 3. The van der Waals surface area contributed by atoms with Gasteiger partial charge in [-0.2, -0.15) is 11.8 Å². The molecule has 1 aliphatic rings. The molecule has 1 aliphatic heterocycles. The second-order valence-electron chi connectivity index (χ2n) is 5.83. The molecule has 1 aromatic carbocycles. The third-order valence-electron chi connectivity index (χ3n) is 4.09. The fourth-order valence-corrected chi connectivity index (χ4v) is 4.06. The Morgan fingerprint density at radius 1 is 1.32 bits per heavy atom. The highest BCUT2D eigenvalue weighted by Gasteiger charge is 2.22. The molecule has 4 nitrogen and oxygen atoms in total. The average Bonchev–Trinajstić information content (AvgIpc) is 2.47. The minimum absolute atomic E-state index is 0.0357. The van der Waals surface area contributed by atoms with Crippen LogP contribution >= 0.6 is 11.8 Å². The highest BCUT2D eigenvalue weighted by atomic mass is 32.2. The minimum Gasteiger partial charge on any atom is -0.481 e. The fourth-order valence-electron chi connectivity index (χ4n) is 2.86. The molecule has 1 heterocycles. The van der Waals surface area contributed by atoms with E-state index in [1.807, 2.05) is 43.0 Å². The van der Waals surface area contributed by atoms with Gasteiger partial charge in [-0.15, -0.1) is 0 Å². The molecule has 1 saturated heterocycles. The molecule has 22 heavy (non-hydrogen) atoms. The summed E-state index contributed by atoms with van der Waals surface area (Å²) in [6.07, 6.45) is 2.57. The molecule has 0 radical (unpaired) electrons. The maximum absolute atomic E-state index is 12.3. The summed E-state index contributed by atoms with van der Waals surface area (Å²) >= 11 is 1.94. The molecule has 120 valence electrons. The molecule has 1 aromatic rings. The van der Waals surface area contributed by atoms with Crippen molar-refractivity contribution in [2.24, 2.45) is 5.92 Å². The van der Waals surface area contributed by atoms with E-state index in [0.717, 1.165) is 35.5 Å². The summed E-state index contributed by atoms with van der Waals surface area (Å²) in [5, 5.41) is 12.0. The molecule has 0 aromatic heterocycles. The number of carbonyl (C=O) groups is 2. The van der Waals surface area contributed by atoms with Crippen LogP contribution < -0.4 is 5.32 Å². The Morgan fingerprint density at radius 3 is 2.64 bits per heavy atom. The third kappa shape index (κ3) is 5.05. The second-order valence-corrected chi connectivity index (χ2v) is 7.06. The molecule has 5 heteroatoms.